The van der Waals surface area contributed by atoms with Crippen molar-refractivity contribution in [3.63, 3.8) is 0 Å². The lowest BCUT2D eigenvalue weighted by Gasteiger charge is -1.98. The Labute approximate surface area is 81.0 Å². The normalized spacial score (nSPS) is 11.2. The molecule has 0 bridgehead atoms. The molecule has 3 aromatic rings. The molecule has 3 nitrogen and oxygen atoms in total. The molecule has 0 aliphatic rings. The van der Waals surface area contributed by atoms with E-state index in [1.54, 1.807) is 0 Å². The number of aromatic nitrogens is 3. The van der Waals surface area contributed by atoms with Crippen LogP contribution in [0.2, 0.25) is 0 Å². The van der Waals surface area contributed by atoms with E-state index in [9.17, 15) is 0 Å². The number of para-hydroxylation sites is 2. The molecule has 0 atom stereocenters. The average Bonchev–Trinajstić information content (AvgIpc) is 2.59. The Morgan fingerprint density at radius 2 is 2.07 bits per heavy atom. The van der Waals surface area contributed by atoms with Crippen LogP contribution >= 0.6 is 0 Å². The number of fused-ring (bicyclic) bond motifs is 3. The first kappa shape index (κ1) is 7.50. The highest BCUT2D eigenvalue weighted by Crippen LogP contribution is 2.14. The van der Waals surface area contributed by atoms with Crippen molar-refractivity contribution in [1.82, 2.24) is 14.6 Å². The van der Waals surface area contributed by atoms with E-state index >= 15 is 0 Å². The third-order valence-corrected chi connectivity index (χ3v) is 2.30. The molecule has 3 rings (SSSR count). The quantitative estimate of drug-likeness (QED) is 0.534. The van der Waals surface area contributed by atoms with Crippen molar-refractivity contribution < 1.29 is 0 Å². The summed E-state index contributed by atoms with van der Waals surface area (Å²) >= 11 is 0. The van der Waals surface area contributed by atoms with Crippen LogP contribution < -0.4 is 0 Å². The van der Waals surface area contributed by atoms with E-state index in [0.717, 1.165) is 22.2 Å². The minimum absolute atomic E-state index is 0.975. The van der Waals surface area contributed by atoms with Gasteiger partial charge in [-0.2, -0.15) is 5.10 Å². The van der Waals surface area contributed by atoms with Crippen molar-refractivity contribution in [2.75, 3.05) is 0 Å². The minimum Gasteiger partial charge on any atom is -0.252 e. The summed E-state index contributed by atoms with van der Waals surface area (Å²) in [5.41, 5.74) is 4.09. The second-order valence-corrected chi connectivity index (χ2v) is 3.37. The molecule has 0 spiro atoms. The van der Waals surface area contributed by atoms with Crippen molar-refractivity contribution in [1.29, 1.82) is 0 Å². The molecular formula is C11H9N3. The van der Waals surface area contributed by atoms with Crippen LogP contribution in [0.5, 0.6) is 0 Å². The second-order valence-electron chi connectivity index (χ2n) is 3.37. The fraction of sp³-hybridized carbons (Fsp3) is 0.0909. The van der Waals surface area contributed by atoms with E-state index in [2.05, 4.69) is 10.1 Å². The Morgan fingerprint density at radius 3 is 3.00 bits per heavy atom. The number of hydrogen-bond acceptors (Lipinski definition) is 2. The molecule has 0 saturated heterocycles. The van der Waals surface area contributed by atoms with Gasteiger partial charge in [0.15, 0.2) is 0 Å². The smallest absolute Gasteiger partial charge is 0.0909 e. The fourth-order valence-corrected chi connectivity index (χ4v) is 1.69. The highest BCUT2D eigenvalue weighted by atomic mass is 15.2. The van der Waals surface area contributed by atoms with Crippen LogP contribution in [0.3, 0.4) is 0 Å². The monoisotopic (exact) mass is 183 g/mol. The number of aryl methyl sites for hydroxylation is 1. The molecule has 68 valence electrons. The topological polar surface area (TPSA) is 30.2 Å². The molecule has 0 amide bonds. The zero-order valence-electron chi connectivity index (χ0n) is 7.81. The van der Waals surface area contributed by atoms with Gasteiger partial charge < -0.3 is 0 Å². The molecule has 0 fully saturated rings. The molecule has 0 unspecified atom stereocenters. The molecule has 14 heavy (non-hydrogen) atoms. The van der Waals surface area contributed by atoms with Crippen molar-refractivity contribution in [3.8, 4) is 0 Å². The molecule has 0 aliphatic heterocycles. The lowest BCUT2D eigenvalue weighted by molar-refractivity contribution is 0.965. The Hall–Kier alpha value is -1.90. The largest absolute Gasteiger partial charge is 0.252 e. The van der Waals surface area contributed by atoms with E-state index in [1.165, 1.54) is 0 Å². The Kier molecular flexibility index (Phi) is 1.36. The van der Waals surface area contributed by atoms with Gasteiger partial charge in [-0.15, -0.1) is 0 Å². The van der Waals surface area contributed by atoms with Gasteiger partial charge in [-0.3, -0.25) is 4.98 Å². The van der Waals surface area contributed by atoms with Gasteiger partial charge in [-0.05, 0) is 25.1 Å². The van der Waals surface area contributed by atoms with Crippen LogP contribution in [0.25, 0.3) is 16.6 Å². The van der Waals surface area contributed by atoms with E-state index in [4.69, 9.17) is 0 Å². The highest BCUT2D eigenvalue weighted by Gasteiger charge is 2.01. The van der Waals surface area contributed by atoms with Crippen molar-refractivity contribution in [2.24, 2.45) is 0 Å². The van der Waals surface area contributed by atoms with Crippen LogP contribution in [0, 0.1) is 6.92 Å². The van der Waals surface area contributed by atoms with Gasteiger partial charge in [-0.25, -0.2) is 4.52 Å². The predicted octanol–water partition coefficient (Wildman–Crippen LogP) is 2.19. The third-order valence-electron chi connectivity index (χ3n) is 2.30. The molecule has 3 heteroatoms. The third kappa shape index (κ3) is 0.923. The molecule has 2 aromatic heterocycles. The van der Waals surface area contributed by atoms with E-state index in [-0.39, 0.29) is 0 Å². The highest BCUT2D eigenvalue weighted by molar-refractivity contribution is 5.77. The summed E-state index contributed by atoms with van der Waals surface area (Å²) in [6.45, 7) is 1.99. The van der Waals surface area contributed by atoms with Crippen LogP contribution in [0.15, 0.2) is 36.5 Å². The van der Waals surface area contributed by atoms with Gasteiger partial charge in [0, 0.05) is 0 Å². The molecule has 1 aromatic carbocycles. The Balaban J connectivity index is 2.60. The van der Waals surface area contributed by atoms with Crippen molar-refractivity contribution in [3.05, 3.63) is 42.2 Å². The summed E-state index contributed by atoms with van der Waals surface area (Å²) in [5.74, 6) is 0. The van der Waals surface area contributed by atoms with Crippen LogP contribution in [0.4, 0.5) is 0 Å². The zero-order chi connectivity index (χ0) is 9.54. The summed E-state index contributed by atoms with van der Waals surface area (Å²) in [7, 11) is 0. The van der Waals surface area contributed by atoms with E-state index in [0.29, 0.717) is 0 Å². The van der Waals surface area contributed by atoms with Crippen LogP contribution in [-0.4, -0.2) is 14.6 Å². The molecular weight excluding hydrogens is 174 g/mol. The maximum atomic E-state index is 4.42. The number of rotatable bonds is 0. The van der Waals surface area contributed by atoms with Crippen molar-refractivity contribution in [2.45, 2.75) is 6.92 Å². The van der Waals surface area contributed by atoms with Crippen LogP contribution in [-0.2, 0) is 0 Å². The van der Waals surface area contributed by atoms with Gasteiger partial charge in [-0.1, -0.05) is 12.1 Å². The first-order valence-corrected chi connectivity index (χ1v) is 4.55. The maximum absolute atomic E-state index is 4.42. The summed E-state index contributed by atoms with van der Waals surface area (Å²) in [6.07, 6.45) is 1.85. The SMILES string of the molecule is Cc1cc2cnc3ccccc3n2n1. The summed E-state index contributed by atoms with van der Waals surface area (Å²) in [4.78, 5) is 4.36. The minimum atomic E-state index is 0.975. The fourth-order valence-electron chi connectivity index (χ4n) is 1.69. The van der Waals surface area contributed by atoms with Gasteiger partial charge in [0.2, 0.25) is 0 Å². The maximum Gasteiger partial charge on any atom is 0.0909 e. The molecule has 0 aliphatic carbocycles. The Bertz CT molecular complexity index is 610. The summed E-state index contributed by atoms with van der Waals surface area (Å²) < 4.78 is 1.93. The van der Waals surface area contributed by atoms with Crippen LogP contribution in [0.1, 0.15) is 5.69 Å². The zero-order valence-corrected chi connectivity index (χ0v) is 7.81. The van der Waals surface area contributed by atoms with E-state index in [1.807, 2.05) is 48.0 Å². The molecule has 0 saturated carbocycles. The predicted molar refractivity (Wildman–Crippen MR) is 55.2 cm³/mol. The standard InChI is InChI=1S/C11H9N3/c1-8-6-9-7-12-10-4-2-3-5-11(10)14(9)13-8/h2-7H,1H3. The van der Waals surface area contributed by atoms with Crippen molar-refractivity contribution >= 4 is 16.6 Å². The summed E-state index contributed by atoms with van der Waals surface area (Å²) in [6, 6.07) is 10.0. The first-order valence-electron chi connectivity index (χ1n) is 4.55. The molecule has 0 N–H and O–H groups in total. The Morgan fingerprint density at radius 1 is 1.21 bits per heavy atom. The number of benzene rings is 1. The average molecular weight is 183 g/mol. The molecule has 2 heterocycles. The lowest BCUT2D eigenvalue weighted by Crippen LogP contribution is -1.91. The lowest BCUT2D eigenvalue weighted by atomic mass is 10.3. The van der Waals surface area contributed by atoms with Gasteiger partial charge in [0.25, 0.3) is 0 Å². The number of hydrogen-bond donors (Lipinski definition) is 0. The molecule has 0 radical (unpaired) electrons. The van der Waals surface area contributed by atoms with Gasteiger partial charge >= 0.3 is 0 Å². The first-order chi connectivity index (χ1) is 6.84. The summed E-state index contributed by atoms with van der Waals surface area (Å²) in [5, 5.41) is 4.42. The van der Waals surface area contributed by atoms with Gasteiger partial charge in [0.1, 0.15) is 0 Å². The number of nitrogens with zero attached hydrogens (tertiary/aromatic N) is 3. The van der Waals surface area contributed by atoms with Gasteiger partial charge in [0.05, 0.1) is 28.4 Å². The van der Waals surface area contributed by atoms with E-state index < -0.39 is 0 Å². The second kappa shape index (κ2) is 2.54.